The third kappa shape index (κ3) is 4.00. The van der Waals surface area contributed by atoms with Crippen molar-refractivity contribution in [1.82, 2.24) is 9.88 Å². The molecule has 4 rings (SSSR count). The molecular formula is C23H24ClN5. The lowest BCUT2D eigenvalue weighted by Gasteiger charge is -2.25. The first kappa shape index (κ1) is 19.5. The van der Waals surface area contributed by atoms with Crippen LogP contribution in [0.5, 0.6) is 0 Å². The molecule has 1 fully saturated rings. The van der Waals surface area contributed by atoms with E-state index in [1.165, 1.54) is 0 Å². The summed E-state index contributed by atoms with van der Waals surface area (Å²) >= 11 is 5.98. The van der Waals surface area contributed by atoms with Crippen LogP contribution in [0.2, 0.25) is 5.02 Å². The van der Waals surface area contributed by atoms with E-state index in [0.29, 0.717) is 29.0 Å². The second-order valence-corrected chi connectivity index (χ2v) is 8.08. The highest BCUT2D eigenvalue weighted by Gasteiger charge is 2.28. The van der Waals surface area contributed by atoms with E-state index in [1.54, 1.807) is 0 Å². The van der Waals surface area contributed by atoms with Crippen LogP contribution in [-0.4, -0.2) is 43.1 Å². The summed E-state index contributed by atoms with van der Waals surface area (Å²) in [6, 6.07) is 18.7. The van der Waals surface area contributed by atoms with Gasteiger partial charge in [-0.2, -0.15) is 5.26 Å². The average Bonchev–Trinajstić information content (AvgIpc) is 3.22. The van der Waals surface area contributed by atoms with Crippen molar-refractivity contribution in [3.8, 4) is 6.07 Å². The molecule has 29 heavy (non-hydrogen) atoms. The van der Waals surface area contributed by atoms with Gasteiger partial charge in [-0.25, -0.2) is 4.98 Å². The molecule has 0 radical (unpaired) electrons. The van der Waals surface area contributed by atoms with Crippen molar-refractivity contribution in [3.05, 3.63) is 64.7 Å². The summed E-state index contributed by atoms with van der Waals surface area (Å²) in [5, 5.41) is 15.2. The molecule has 0 spiro atoms. The minimum absolute atomic E-state index is 0.485. The standard InChI is InChI=1S/C23H24ClN5/c1-28(2)18-11-12-29(15-18)22-19-5-3-4-6-21(19)27-23(20(22)13-25)26-14-16-7-9-17(24)10-8-16/h3-10,18H,11-12,14-15H2,1-2H3,(H,26,27). The number of aromatic nitrogens is 1. The summed E-state index contributed by atoms with van der Waals surface area (Å²) in [5.74, 6) is 0.629. The highest BCUT2D eigenvalue weighted by molar-refractivity contribution is 6.30. The largest absolute Gasteiger partial charge is 0.368 e. The number of halogens is 1. The summed E-state index contributed by atoms with van der Waals surface area (Å²) in [6.07, 6.45) is 1.09. The molecule has 2 heterocycles. The van der Waals surface area contributed by atoms with Gasteiger partial charge in [-0.05, 0) is 44.3 Å². The van der Waals surface area contributed by atoms with Gasteiger partial charge in [-0.1, -0.05) is 41.9 Å². The first-order valence-electron chi connectivity index (χ1n) is 9.79. The van der Waals surface area contributed by atoms with Gasteiger partial charge in [-0.3, -0.25) is 0 Å². The van der Waals surface area contributed by atoms with Gasteiger partial charge in [0, 0.05) is 36.1 Å². The second kappa shape index (κ2) is 8.28. The molecule has 1 aromatic heterocycles. The fourth-order valence-electron chi connectivity index (χ4n) is 3.91. The molecule has 1 aliphatic rings. The number of nitrogens with zero attached hydrogens (tertiary/aromatic N) is 4. The van der Waals surface area contributed by atoms with E-state index in [4.69, 9.17) is 16.6 Å². The number of benzene rings is 2. The quantitative estimate of drug-likeness (QED) is 0.676. The molecule has 1 unspecified atom stereocenters. The second-order valence-electron chi connectivity index (χ2n) is 7.65. The molecular weight excluding hydrogens is 382 g/mol. The zero-order valence-electron chi connectivity index (χ0n) is 16.7. The lowest BCUT2D eigenvalue weighted by atomic mass is 10.1. The molecule has 3 aromatic rings. The number of anilines is 2. The van der Waals surface area contributed by atoms with Crippen molar-refractivity contribution >= 4 is 34.0 Å². The number of pyridine rings is 1. The van der Waals surface area contributed by atoms with Gasteiger partial charge in [0.1, 0.15) is 17.5 Å². The van der Waals surface area contributed by atoms with Gasteiger partial charge >= 0.3 is 0 Å². The first-order valence-corrected chi connectivity index (χ1v) is 10.2. The zero-order chi connectivity index (χ0) is 20.4. The van der Waals surface area contributed by atoms with Gasteiger partial charge < -0.3 is 15.1 Å². The summed E-state index contributed by atoms with van der Waals surface area (Å²) in [7, 11) is 4.23. The Morgan fingerprint density at radius 2 is 1.97 bits per heavy atom. The summed E-state index contributed by atoms with van der Waals surface area (Å²) in [5.41, 5.74) is 3.58. The summed E-state index contributed by atoms with van der Waals surface area (Å²) in [4.78, 5) is 9.36. The van der Waals surface area contributed by atoms with Crippen LogP contribution in [0.15, 0.2) is 48.5 Å². The third-order valence-corrected chi connectivity index (χ3v) is 5.81. The van der Waals surface area contributed by atoms with Crippen LogP contribution in [0.25, 0.3) is 10.9 Å². The Labute approximate surface area is 176 Å². The average molecular weight is 406 g/mol. The molecule has 2 aromatic carbocycles. The smallest absolute Gasteiger partial charge is 0.147 e. The molecule has 148 valence electrons. The Hall–Kier alpha value is -2.81. The van der Waals surface area contributed by atoms with Gasteiger partial charge in [-0.15, -0.1) is 0 Å². The predicted octanol–water partition coefficient (Wildman–Crippen LogP) is 4.51. The van der Waals surface area contributed by atoms with E-state index >= 15 is 0 Å². The molecule has 0 aliphatic carbocycles. The minimum Gasteiger partial charge on any atom is -0.368 e. The Morgan fingerprint density at radius 3 is 2.66 bits per heavy atom. The number of rotatable bonds is 5. The van der Waals surface area contributed by atoms with Crippen LogP contribution in [0.3, 0.4) is 0 Å². The highest BCUT2D eigenvalue weighted by atomic mass is 35.5. The lowest BCUT2D eigenvalue weighted by Crippen LogP contribution is -2.31. The fourth-order valence-corrected chi connectivity index (χ4v) is 4.04. The minimum atomic E-state index is 0.485. The van der Waals surface area contributed by atoms with Crippen molar-refractivity contribution in [2.24, 2.45) is 0 Å². The van der Waals surface area contributed by atoms with E-state index in [1.807, 2.05) is 42.5 Å². The van der Waals surface area contributed by atoms with Crippen LogP contribution < -0.4 is 10.2 Å². The monoisotopic (exact) mass is 405 g/mol. The third-order valence-electron chi connectivity index (χ3n) is 5.56. The van der Waals surface area contributed by atoms with E-state index in [2.05, 4.69) is 41.3 Å². The lowest BCUT2D eigenvalue weighted by molar-refractivity contribution is 0.315. The molecule has 1 saturated heterocycles. The number of fused-ring (bicyclic) bond motifs is 1. The molecule has 1 aliphatic heterocycles. The van der Waals surface area contributed by atoms with Crippen LogP contribution >= 0.6 is 11.6 Å². The number of nitrogens with one attached hydrogen (secondary N) is 1. The van der Waals surface area contributed by atoms with Crippen LogP contribution in [-0.2, 0) is 6.54 Å². The van der Waals surface area contributed by atoms with Crippen molar-refractivity contribution in [2.45, 2.75) is 19.0 Å². The number of hydrogen-bond acceptors (Lipinski definition) is 5. The first-order chi connectivity index (χ1) is 14.1. The maximum Gasteiger partial charge on any atom is 0.147 e. The van der Waals surface area contributed by atoms with Crippen LogP contribution in [0.1, 0.15) is 17.5 Å². The van der Waals surface area contributed by atoms with Crippen LogP contribution in [0, 0.1) is 11.3 Å². The number of likely N-dealkylation sites (N-methyl/N-ethyl adjacent to an activating group) is 1. The van der Waals surface area contributed by atoms with Gasteiger partial charge in [0.2, 0.25) is 0 Å². The molecule has 0 saturated carbocycles. The highest BCUT2D eigenvalue weighted by Crippen LogP contribution is 2.36. The van der Waals surface area contributed by atoms with E-state index in [0.717, 1.165) is 41.7 Å². The van der Waals surface area contributed by atoms with E-state index < -0.39 is 0 Å². The van der Waals surface area contributed by atoms with Crippen molar-refractivity contribution in [3.63, 3.8) is 0 Å². The SMILES string of the molecule is CN(C)C1CCN(c2c(C#N)c(NCc3ccc(Cl)cc3)nc3ccccc23)C1. The fraction of sp³-hybridized carbons (Fsp3) is 0.304. The summed E-state index contributed by atoms with van der Waals surface area (Å²) in [6.45, 7) is 2.42. The van der Waals surface area contributed by atoms with Gasteiger partial charge in [0.25, 0.3) is 0 Å². The van der Waals surface area contributed by atoms with E-state index in [-0.39, 0.29) is 0 Å². The van der Waals surface area contributed by atoms with Gasteiger partial charge in [0.15, 0.2) is 0 Å². The van der Waals surface area contributed by atoms with E-state index in [9.17, 15) is 5.26 Å². The maximum absolute atomic E-state index is 10.0. The molecule has 5 nitrogen and oxygen atoms in total. The Morgan fingerprint density at radius 1 is 1.21 bits per heavy atom. The Bertz CT molecular complexity index is 1060. The maximum atomic E-state index is 10.0. The molecule has 0 amide bonds. The van der Waals surface area contributed by atoms with Crippen molar-refractivity contribution < 1.29 is 0 Å². The van der Waals surface area contributed by atoms with Crippen molar-refractivity contribution in [1.29, 1.82) is 5.26 Å². The number of nitriles is 1. The number of hydrogen-bond donors (Lipinski definition) is 1. The zero-order valence-corrected chi connectivity index (χ0v) is 17.4. The molecule has 0 bridgehead atoms. The Kier molecular flexibility index (Phi) is 5.57. The van der Waals surface area contributed by atoms with Crippen LogP contribution in [0.4, 0.5) is 11.5 Å². The van der Waals surface area contributed by atoms with Crippen molar-refractivity contribution in [2.75, 3.05) is 37.4 Å². The molecule has 1 N–H and O–H groups in total. The number of para-hydroxylation sites is 1. The summed E-state index contributed by atoms with van der Waals surface area (Å²) < 4.78 is 0. The Balaban J connectivity index is 1.73. The van der Waals surface area contributed by atoms with Gasteiger partial charge in [0.05, 0.1) is 11.2 Å². The normalized spacial score (nSPS) is 16.4. The topological polar surface area (TPSA) is 55.2 Å². The molecule has 1 atom stereocenters. The molecule has 6 heteroatoms. The predicted molar refractivity (Wildman–Crippen MR) is 120 cm³/mol.